The molecule has 4 rings (SSSR count). The second-order valence-electron chi connectivity index (χ2n) is 8.65. The number of nitrogens with two attached hydrogens (primary N) is 1. The van der Waals surface area contributed by atoms with Crippen molar-refractivity contribution in [2.45, 2.75) is 52.2 Å². The largest absolute Gasteiger partial charge is 0.341 e. The van der Waals surface area contributed by atoms with E-state index < -0.39 is 5.56 Å². The highest BCUT2D eigenvalue weighted by Crippen LogP contribution is 2.23. The minimum absolute atomic E-state index is 0.0550. The van der Waals surface area contributed by atoms with Crippen molar-refractivity contribution in [1.29, 1.82) is 0 Å². The van der Waals surface area contributed by atoms with Crippen molar-refractivity contribution in [1.82, 2.24) is 19.3 Å². The Morgan fingerprint density at radius 1 is 1.29 bits per heavy atom. The number of aromatic nitrogens is 4. The maximum absolute atomic E-state index is 13.5. The van der Waals surface area contributed by atoms with Crippen LogP contribution in [0.2, 0.25) is 0 Å². The fraction of sp³-hybridized carbons (Fsp3) is 0.400. The van der Waals surface area contributed by atoms with E-state index in [4.69, 9.17) is 10.7 Å². The van der Waals surface area contributed by atoms with Crippen LogP contribution in [0.3, 0.4) is 0 Å². The van der Waals surface area contributed by atoms with Crippen LogP contribution in [0.25, 0.3) is 11.0 Å². The van der Waals surface area contributed by atoms with Crippen LogP contribution in [-0.2, 0) is 17.9 Å². The Morgan fingerprint density at radius 2 is 2.09 bits per heavy atom. The second-order valence-corrected chi connectivity index (χ2v) is 8.65. The number of nitrogens with one attached hydrogen (secondary N) is 1. The van der Waals surface area contributed by atoms with Gasteiger partial charge in [0.25, 0.3) is 5.56 Å². The molecule has 3 N–H and O–H groups in total. The average Bonchev–Trinajstić information content (AvgIpc) is 3.24. The number of hydrogen-bond donors (Lipinski definition) is 2. The van der Waals surface area contributed by atoms with Crippen LogP contribution in [0.4, 0.5) is 11.6 Å². The fourth-order valence-corrected chi connectivity index (χ4v) is 4.30. The van der Waals surface area contributed by atoms with Gasteiger partial charge in [-0.25, -0.2) is 9.67 Å². The van der Waals surface area contributed by atoms with E-state index in [2.05, 4.69) is 15.3 Å². The molecule has 2 aromatic heterocycles. The maximum atomic E-state index is 13.5. The molecule has 1 fully saturated rings. The molecular weight excluding hydrogens is 446 g/mol. The number of para-hydroxylation sites is 1. The number of Topliss-reactive ketones (excluding diaryl/α,β-unsaturated/α-hetero) is 1. The number of imidazole rings is 1. The number of rotatable bonds is 8. The number of anilines is 2. The predicted molar refractivity (Wildman–Crippen MR) is 136 cm³/mol. The number of benzene rings is 1. The fourth-order valence-electron chi connectivity index (χ4n) is 4.30. The Kier molecular flexibility index (Phi) is 7.40. The summed E-state index contributed by atoms with van der Waals surface area (Å²) in [6.07, 6.45) is 7.61. The Labute approximate surface area is 203 Å². The molecule has 3 aromatic rings. The third-order valence-corrected chi connectivity index (χ3v) is 6.11. The van der Waals surface area contributed by atoms with E-state index in [1.807, 2.05) is 23.6 Å². The first-order valence-electron chi connectivity index (χ1n) is 11.9. The minimum atomic E-state index is -0.393. The normalized spacial score (nSPS) is 16.2. The lowest BCUT2D eigenvalue weighted by molar-refractivity contribution is -0.115. The molecule has 0 saturated carbocycles. The number of hydrogen-bond acceptors (Lipinski definition) is 7. The zero-order valence-electron chi connectivity index (χ0n) is 20.1. The van der Waals surface area contributed by atoms with Gasteiger partial charge in [0.1, 0.15) is 17.6 Å². The van der Waals surface area contributed by atoms with E-state index in [1.165, 1.54) is 6.20 Å². The Balaban J connectivity index is 1.71. The Bertz CT molecular complexity index is 1320. The predicted octanol–water partition coefficient (Wildman–Crippen LogP) is 2.33. The Morgan fingerprint density at radius 3 is 2.83 bits per heavy atom. The number of ketones is 1. The quantitative estimate of drug-likeness (QED) is 0.376. The van der Waals surface area contributed by atoms with Crippen LogP contribution in [0.1, 0.15) is 43.5 Å². The number of carbonyl (C=O) groups excluding carboxylic acids is 2. The smallest absolute Gasteiger partial charge is 0.293 e. The summed E-state index contributed by atoms with van der Waals surface area (Å²) < 4.78 is 3.02. The van der Waals surface area contributed by atoms with E-state index in [1.54, 1.807) is 31.2 Å². The summed E-state index contributed by atoms with van der Waals surface area (Å²) in [6, 6.07) is 6.81. The molecule has 0 radical (unpaired) electrons. The van der Waals surface area contributed by atoms with Gasteiger partial charge in [0.05, 0.1) is 11.9 Å². The van der Waals surface area contributed by atoms with Crippen molar-refractivity contribution in [2.75, 3.05) is 23.3 Å². The number of allylic oxidation sites excluding steroid dienone is 2. The minimum Gasteiger partial charge on any atom is -0.341 e. The summed E-state index contributed by atoms with van der Waals surface area (Å²) in [7, 11) is 0. The molecule has 35 heavy (non-hydrogen) atoms. The highest BCUT2D eigenvalue weighted by Gasteiger charge is 2.24. The molecule has 0 bridgehead atoms. The lowest BCUT2D eigenvalue weighted by atomic mass is 10.1. The van der Waals surface area contributed by atoms with Gasteiger partial charge >= 0.3 is 0 Å². The standard InChI is InChI=1S/C25H31N7O3/c1-3-5-13-31-23-20(29-25(31)30-12-8-9-17(26)15-30)14-27-32(24(23)35)16-21(33)18-10-6-7-11-19(18)28-22(34)4-2/h3,5-7,10-11,14,17H,4,8-9,12-13,15-16,26H2,1-2H3,(H,28,34). The Hall–Kier alpha value is -3.79. The van der Waals surface area contributed by atoms with Crippen molar-refractivity contribution in [2.24, 2.45) is 5.73 Å². The van der Waals surface area contributed by atoms with Crippen LogP contribution in [0.5, 0.6) is 0 Å². The molecule has 3 heterocycles. The molecule has 10 heteroatoms. The summed E-state index contributed by atoms with van der Waals surface area (Å²) in [5.74, 6) is 0.163. The molecule has 1 aliphatic heterocycles. The molecular formula is C25H31N7O3. The van der Waals surface area contributed by atoms with Gasteiger partial charge in [0.2, 0.25) is 11.9 Å². The molecule has 0 aliphatic carbocycles. The summed E-state index contributed by atoms with van der Waals surface area (Å²) in [5, 5.41) is 6.97. The van der Waals surface area contributed by atoms with Gasteiger partial charge < -0.3 is 20.5 Å². The lowest BCUT2D eigenvalue weighted by Gasteiger charge is -2.31. The van der Waals surface area contributed by atoms with E-state index >= 15 is 0 Å². The zero-order valence-corrected chi connectivity index (χ0v) is 20.1. The van der Waals surface area contributed by atoms with E-state index in [9.17, 15) is 14.4 Å². The SMILES string of the molecule is CC=CCn1c(N2CCCC(N)C2)nc2cnn(CC(=O)c3ccccc3NC(=O)CC)c(=O)c21. The third-order valence-electron chi connectivity index (χ3n) is 6.11. The van der Waals surface area contributed by atoms with Gasteiger partial charge in [-0.2, -0.15) is 5.10 Å². The van der Waals surface area contributed by atoms with Gasteiger partial charge in [-0.1, -0.05) is 31.2 Å². The molecule has 184 valence electrons. The molecule has 0 spiro atoms. The van der Waals surface area contributed by atoms with Crippen molar-refractivity contribution in [3.8, 4) is 0 Å². The number of carbonyl (C=O) groups is 2. The summed E-state index contributed by atoms with van der Waals surface area (Å²) in [4.78, 5) is 45.3. The topological polar surface area (TPSA) is 128 Å². The zero-order chi connectivity index (χ0) is 24.9. The van der Waals surface area contributed by atoms with Gasteiger partial charge in [0.15, 0.2) is 5.78 Å². The second kappa shape index (κ2) is 10.6. The first kappa shape index (κ1) is 24.3. The number of amides is 1. The first-order valence-corrected chi connectivity index (χ1v) is 11.9. The number of piperidine rings is 1. The third kappa shape index (κ3) is 5.17. The van der Waals surface area contributed by atoms with Crippen LogP contribution < -0.4 is 21.5 Å². The van der Waals surface area contributed by atoms with Gasteiger partial charge in [-0.05, 0) is 31.9 Å². The highest BCUT2D eigenvalue weighted by atomic mass is 16.2. The van der Waals surface area contributed by atoms with Gasteiger partial charge in [-0.15, -0.1) is 0 Å². The van der Waals surface area contributed by atoms with Crippen LogP contribution >= 0.6 is 0 Å². The van der Waals surface area contributed by atoms with Crippen LogP contribution in [-0.4, -0.2) is 50.2 Å². The molecule has 1 aromatic carbocycles. The first-order chi connectivity index (χ1) is 16.9. The maximum Gasteiger partial charge on any atom is 0.293 e. The molecule has 1 atom stereocenters. The summed E-state index contributed by atoms with van der Waals surface area (Å²) in [5.41, 5.74) is 7.41. The van der Waals surface area contributed by atoms with E-state index in [0.717, 1.165) is 24.1 Å². The van der Waals surface area contributed by atoms with Crippen molar-refractivity contribution in [3.63, 3.8) is 0 Å². The number of nitrogens with zero attached hydrogens (tertiary/aromatic N) is 5. The molecule has 1 saturated heterocycles. The van der Waals surface area contributed by atoms with Gasteiger partial charge in [-0.3, -0.25) is 14.4 Å². The molecule has 1 amide bonds. The molecule has 1 unspecified atom stereocenters. The van der Waals surface area contributed by atoms with E-state index in [-0.39, 0.29) is 24.3 Å². The lowest BCUT2D eigenvalue weighted by Crippen LogP contribution is -2.44. The van der Waals surface area contributed by atoms with Crippen molar-refractivity contribution >= 4 is 34.4 Å². The van der Waals surface area contributed by atoms with Crippen LogP contribution in [0, 0.1) is 0 Å². The monoisotopic (exact) mass is 477 g/mol. The van der Waals surface area contributed by atoms with Crippen LogP contribution in [0.15, 0.2) is 47.4 Å². The highest BCUT2D eigenvalue weighted by molar-refractivity contribution is 6.04. The summed E-state index contributed by atoms with van der Waals surface area (Å²) in [6.45, 7) is 5.34. The van der Waals surface area contributed by atoms with Crippen molar-refractivity contribution < 1.29 is 9.59 Å². The van der Waals surface area contributed by atoms with Crippen molar-refractivity contribution in [3.05, 3.63) is 58.5 Å². The van der Waals surface area contributed by atoms with E-state index in [0.29, 0.717) is 47.7 Å². The van der Waals surface area contributed by atoms with Gasteiger partial charge in [0, 0.05) is 37.7 Å². The summed E-state index contributed by atoms with van der Waals surface area (Å²) >= 11 is 0. The molecule has 10 nitrogen and oxygen atoms in total. The number of fused-ring (bicyclic) bond motifs is 1. The average molecular weight is 478 g/mol. The molecule has 1 aliphatic rings.